The zero-order valence-corrected chi connectivity index (χ0v) is 13.8. The zero-order chi connectivity index (χ0) is 17.1. The third-order valence-corrected chi connectivity index (χ3v) is 4.32. The molecule has 0 bridgehead atoms. The highest BCUT2D eigenvalue weighted by Gasteiger charge is 2.35. The number of benzene rings is 2. The van der Waals surface area contributed by atoms with Crippen molar-refractivity contribution in [1.29, 1.82) is 0 Å². The van der Waals surface area contributed by atoms with Crippen LogP contribution in [0.1, 0.15) is 17.3 Å². The summed E-state index contributed by atoms with van der Waals surface area (Å²) < 4.78 is 5.11. The van der Waals surface area contributed by atoms with Gasteiger partial charge in [-0.25, -0.2) is 0 Å². The summed E-state index contributed by atoms with van der Waals surface area (Å²) in [6, 6.07) is 16.0. The van der Waals surface area contributed by atoms with E-state index >= 15 is 0 Å². The summed E-state index contributed by atoms with van der Waals surface area (Å²) in [7, 11) is 1.58. The molecule has 2 amide bonds. The van der Waals surface area contributed by atoms with Gasteiger partial charge in [-0.3, -0.25) is 9.59 Å². The molecule has 1 fully saturated rings. The van der Waals surface area contributed by atoms with Gasteiger partial charge in [-0.2, -0.15) is 0 Å². The van der Waals surface area contributed by atoms with Crippen molar-refractivity contribution in [3.63, 3.8) is 0 Å². The second kappa shape index (κ2) is 6.74. The van der Waals surface area contributed by atoms with Gasteiger partial charge >= 0.3 is 0 Å². The minimum atomic E-state index is -0.492. The molecule has 1 aliphatic rings. The molecule has 1 heterocycles. The number of para-hydroxylation sites is 1. The highest BCUT2D eigenvalue weighted by Crippen LogP contribution is 2.22. The first-order valence-corrected chi connectivity index (χ1v) is 7.93. The normalized spacial score (nSPS) is 17.8. The first kappa shape index (κ1) is 16.1. The molecule has 0 spiro atoms. The number of rotatable bonds is 3. The highest BCUT2D eigenvalue weighted by molar-refractivity contribution is 6.03. The monoisotopic (exact) mass is 324 g/mol. The summed E-state index contributed by atoms with van der Waals surface area (Å²) in [5.74, 6) is 0.505. The maximum absolute atomic E-state index is 12.7. The van der Waals surface area contributed by atoms with Crippen molar-refractivity contribution in [2.45, 2.75) is 13.0 Å². The Hall–Kier alpha value is -2.82. The summed E-state index contributed by atoms with van der Waals surface area (Å²) >= 11 is 0. The van der Waals surface area contributed by atoms with Crippen LogP contribution >= 0.6 is 0 Å². The van der Waals surface area contributed by atoms with Crippen molar-refractivity contribution in [3.05, 3.63) is 60.2 Å². The van der Waals surface area contributed by atoms with Gasteiger partial charge in [0.1, 0.15) is 11.8 Å². The summed E-state index contributed by atoms with van der Waals surface area (Å²) in [5, 5.41) is 0. The van der Waals surface area contributed by atoms with Crippen molar-refractivity contribution in [2.75, 3.05) is 25.1 Å². The van der Waals surface area contributed by atoms with Crippen LogP contribution in [0.3, 0.4) is 0 Å². The van der Waals surface area contributed by atoms with Crippen molar-refractivity contribution in [1.82, 2.24) is 4.90 Å². The fourth-order valence-electron chi connectivity index (χ4n) is 2.91. The van der Waals surface area contributed by atoms with E-state index in [9.17, 15) is 9.59 Å². The van der Waals surface area contributed by atoms with Gasteiger partial charge in [0.15, 0.2) is 0 Å². The van der Waals surface area contributed by atoms with Gasteiger partial charge in [0.05, 0.1) is 7.11 Å². The number of piperazine rings is 1. The molecular formula is C19H20N2O3. The first-order valence-electron chi connectivity index (χ1n) is 7.93. The van der Waals surface area contributed by atoms with E-state index in [2.05, 4.69) is 0 Å². The van der Waals surface area contributed by atoms with Gasteiger partial charge in [0.2, 0.25) is 5.91 Å². The molecule has 0 aliphatic carbocycles. The van der Waals surface area contributed by atoms with Crippen LogP contribution in [0, 0.1) is 0 Å². The molecule has 24 heavy (non-hydrogen) atoms. The SMILES string of the molecule is COc1ccc(C(=O)N2CCN(c3ccccc3)C(=O)C2C)cc1. The lowest BCUT2D eigenvalue weighted by Gasteiger charge is -2.39. The third kappa shape index (κ3) is 2.97. The van der Waals surface area contributed by atoms with E-state index in [1.807, 2.05) is 30.3 Å². The largest absolute Gasteiger partial charge is 0.497 e. The molecular weight excluding hydrogens is 304 g/mol. The second-order valence-electron chi connectivity index (χ2n) is 5.73. The lowest BCUT2D eigenvalue weighted by Crippen LogP contribution is -2.57. The topological polar surface area (TPSA) is 49.9 Å². The molecule has 124 valence electrons. The van der Waals surface area contributed by atoms with Gasteiger partial charge in [-0.1, -0.05) is 18.2 Å². The lowest BCUT2D eigenvalue weighted by atomic mass is 10.1. The number of methoxy groups -OCH3 is 1. The Morgan fingerprint density at radius 1 is 1.04 bits per heavy atom. The van der Waals surface area contributed by atoms with E-state index in [0.717, 1.165) is 5.69 Å². The number of ether oxygens (including phenoxy) is 1. The average Bonchev–Trinajstić information content (AvgIpc) is 2.64. The van der Waals surface area contributed by atoms with Crippen molar-refractivity contribution >= 4 is 17.5 Å². The standard InChI is InChI=1S/C19H20N2O3/c1-14-18(22)21(16-6-4-3-5-7-16)13-12-20(14)19(23)15-8-10-17(24-2)11-9-15/h3-11,14H,12-13H2,1-2H3. The molecule has 2 aromatic carbocycles. The Labute approximate surface area is 141 Å². The maximum Gasteiger partial charge on any atom is 0.254 e. The van der Waals surface area contributed by atoms with Crippen LogP contribution in [0.5, 0.6) is 5.75 Å². The molecule has 5 nitrogen and oxygen atoms in total. The van der Waals surface area contributed by atoms with Crippen molar-refractivity contribution in [3.8, 4) is 5.75 Å². The molecule has 2 aromatic rings. The van der Waals surface area contributed by atoms with Gasteiger partial charge in [-0.05, 0) is 43.3 Å². The second-order valence-corrected chi connectivity index (χ2v) is 5.73. The Balaban J connectivity index is 1.76. The maximum atomic E-state index is 12.7. The van der Waals surface area contributed by atoms with E-state index in [0.29, 0.717) is 24.4 Å². The Kier molecular flexibility index (Phi) is 4.51. The van der Waals surface area contributed by atoms with E-state index in [1.165, 1.54) is 0 Å². The number of carbonyl (C=O) groups is 2. The van der Waals surface area contributed by atoms with Crippen molar-refractivity contribution in [2.24, 2.45) is 0 Å². The van der Waals surface area contributed by atoms with Crippen LogP contribution in [0.15, 0.2) is 54.6 Å². The Morgan fingerprint density at radius 2 is 1.71 bits per heavy atom. The molecule has 1 saturated heterocycles. The summed E-state index contributed by atoms with van der Waals surface area (Å²) in [6.45, 7) is 2.78. The van der Waals surface area contributed by atoms with E-state index < -0.39 is 6.04 Å². The van der Waals surface area contributed by atoms with Crippen LogP contribution in [-0.4, -0.2) is 43.0 Å². The predicted molar refractivity (Wildman–Crippen MR) is 92.3 cm³/mol. The van der Waals surface area contributed by atoms with Gasteiger partial charge in [0.25, 0.3) is 5.91 Å². The zero-order valence-electron chi connectivity index (χ0n) is 13.8. The molecule has 3 rings (SSSR count). The Morgan fingerprint density at radius 3 is 2.33 bits per heavy atom. The minimum Gasteiger partial charge on any atom is -0.497 e. The van der Waals surface area contributed by atoms with Crippen LogP contribution in [0.25, 0.3) is 0 Å². The number of carbonyl (C=O) groups excluding carboxylic acids is 2. The quantitative estimate of drug-likeness (QED) is 0.872. The van der Waals surface area contributed by atoms with Gasteiger partial charge in [-0.15, -0.1) is 0 Å². The van der Waals surface area contributed by atoms with Gasteiger partial charge < -0.3 is 14.5 Å². The Bertz CT molecular complexity index is 728. The molecule has 1 atom stereocenters. The van der Waals surface area contributed by atoms with E-state index in [-0.39, 0.29) is 11.8 Å². The smallest absolute Gasteiger partial charge is 0.254 e. The van der Waals surface area contributed by atoms with E-state index in [4.69, 9.17) is 4.74 Å². The fourth-order valence-corrected chi connectivity index (χ4v) is 2.91. The number of anilines is 1. The lowest BCUT2D eigenvalue weighted by molar-refractivity contribution is -0.124. The van der Waals surface area contributed by atoms with Crippen LogP contribution in [0.2, 0.25) is 0 Å². The summed E-state index contributed by atoms with van der Waals surface area (Å²) in [5.41, 5.74) is 1.43. The number of hydrogen-bond acceptors (Lipinski definition) is 3. The fraction of sp³-hybridized carbons (Fsp3) is 0.263. The first-order chi connectivity index (χ1) is 11.6. The average molecular weight is 324 g/mol. The summed E-state index contributed by atoms with van der Waals surface area (Å²) in [4.78, 5) is 28.8. The number of amides is 2. The molecule has 0 saturated carbocycles. The molecule has 1 unspecified atom stereocenters. The molecule has 5 heteroatoms. The number of nitrogens with zero attached hydrogens (tertiary/aromatic N) is 2. The highest BCUT2D eigenvalue weighted by atomic mass is 16.5. The predicted octanol–water partition coefficient (Wildman–Crippen LogP) is 2.57. The molecule has 0 N–H and O–H groups in total. The molecule has 1 aliphatic heterocycles. The van der Waals surface area contributed by atoms with Gasteiger partial charge in [0, 0.05) is 24.3 Å². The molecule has 0 radical (unpaired) electrons. The van der Waals surface area contributed by atoms with E-state index in [1.54, 1.807) is 48.1 Å². The summed E-state index contributed by atoms with van der Waals surface area (Å²) in [6.07, 6.45) is 0. The minimum absolute atomic E-state index is 0.0608. The van der Waals surface area contributed by atoms with Crippen LogP contribution < -0.4 is 9.64 Å². The third-order valence-electron chi connectivity index (χ3n) is 4.32. The van der Waals surface area contributed by atoms with Crippen molar-refractivity contribution < 1.29 is 14.3 Å². The van der Waals surface area contributed by atoms with Crippen LogP contribution in [0.4, 0.5) is 5.69 Å². The molecule has 0 aromatic heterocycles. The number of hydrogen-bond donors (Lipinski definition) is 0. The van der Waals surface area contributed by atoms with Crippen LogP contribution in [-0.2, 0) is 4.79 Å².